The van der Waals surface area contributed by atoms with Crippen molar-refractivity contribution in [1.29, 1.82) is 0 Å². The molecule has 29 heavy (non-hydrogen) atoms. The van der Waals surface area contributed by atoms with Crippen LogP contribution in [0.2, 0.25) is 5.15 Å². The minimum Gasteiger partial charge on any atom is -0.457 e. The van der Waals surface area contributed by atoms with E-state index in [-0.39, 0.29) is 12.2 Å². The zero-order valence-corrected chi connectivity index (χ0v) is 16.1. The van der Waals surface area contributed by atoms with Crippen LogP contribution in [0.15, 0.2) is 53.3 Å². The Morgan fingerprint density at radius 2 is 1.97 bits per heavy atom. The molecule has 3 heterocycles. The number of carbonyl (C=O) groups excluding carboxylic acids is 1. The highest BCUT2D eigenvalue weighted by atomic mass is 35.5. The summed E-state index contributed by atoms with van der Waals surface area (Å²) in [4.78, 5) is 34.0. The van der Waals surface area contributed by atoms with Crippen molar-refractivity contribution in [2.24, 2.45) is 0 Å². The number of benzene rings is 2. The number of hydrogen-bond donors (Lipinski definition) is 0. The molecule has 0 amide bonds. The number of pyridine rings is 1. The molecule has 0 saturated carbocycles. The Hall–Kier alpha value is -3.25. The Labute approximate surface area is 170 Å². The third-order valence-corrected chi connectivity index (χ3v) is 5.49. The number of aromatic nitrogens is 3. The number of hydrogen-bond acceptors (Lipinski definition) is 5. The molecule has 0 radical (unpaired) electrons. The molecule has 2 aromatic carbocycles. The van der Waals surface area contributed by atoms with Crippen LogP contribution in [0, 0.1) is 0 Å². The maximum atomic E-state index is 12.6. The number of ether oxygens (including phenoxy) is 1. The highest BCUT2D eigenvalue weighted by molar-refractivity contribution is 6.30. The van der Waals surface area contributed by atoms with Gasteiger partial charge in [-0.15, -0.1) is 0 Å². The molecule has 0 N–H and O–H groups in total. The Morgan fingerprint density at radius 3 is 2.86 bits per heavy atom. The summed E-state index contributed by atoms with van der Waals surface area (Å²) in [6.07, 6.45) is 1.68. The van der Waals surface area contributed by atoms with Crippen LogP contribution >= 0.6 is 11.6 Å². The van der Waals surface area contributed by atoms with Gasteiger partial charge in [0.2, 0.25) is 0 Å². The topological polar surface area (TPSA) is 74.1 Å². The van der Waals surface area contributed by atoms with Gasteiger partial charge in [0.1, 0.15) is 17.6 Å². The number of nitrogens with zero attached hydrogens (tertiary/aromatic N) is 3. The molecule has 7 heteroatoms. The van der Waals surface area contributed by atoms with E-state index in [1.807, 2.05) is 30.3 Å². The van der Waals surface area contributed by atoms with Crippen molar-refractivity contribution in [3.63, 3.8) is 0 Å². The largest absolute Gasteiger partial charge is 0.457 e. The van der Waals surface area contributed by atoms with Gasteiger partial charge in [-0.05, 0) is 36.8 Å². The van der Waals surface area contributed by atoms with Gasteiger partial charge in [-0.1, -0.05) is 29.8 Å². The van der Waals surface area contributed by atoms with E-state index in [2.05, 4.69) is 9.97 Å². The lowest BCUT2D eigenvalue weighted by atomic mass is 10.1. The van der Waals surface area contributed by atoms with Gasteiger partial charge in [0.05, 0.1) is 22.0 Å². The number of carbonyl (C=O) groups is 1. The van der Waals surface area contributed by atoms with Crippen molar-refractivity contribution in [2.45, 2.75) is 26.0 Å². The van der Waals surface area contributed by atoms with E-state index in [0.29, 0.717) is 33.7 Å². The minimum absolute atomic E-state index is 0.00775. The fourth-order valence-corrected chi connectivity index (χ4v) is 3.87. The Morgan fingerprint density at radius 1 is 1.10 bits per heavy atom. The second-order valence-electron chi connectivity index (χ2n) is 7.03. The van der Waals surface area contributed by atoms with Crippen LogP contribution in [-0.2, 0) is 24.3 Å². The molecule has 5 rings (SSSR count). The predicted octanol–water partition coefficient (Wildman–Crippen LogP) is 3.90. The van der Waals surface area contributed by atoms with Gasteiger partial charge in [-0.25, -0.2) is 14.8 Å². The summed E-state index contributed by atoms with van der Waals surface area (Å²) in [5.74, 6) is 0.264. The number of halogens is 1. The average molecular weight is 406 g/mol. The van der Waals surface area contributed by atoms with Gasteiger partial charge < -0.3 is 4.74 Å². The molecule has 144 valence electrons. The standard InChI is InChI=1S/C22H16ClN3O3/c23-20-15(10-13-4-1-2-5-17(13)25-20)12-29-22(28)14-7-8-16-18(11-14)24-19-6-3-9-26(19)21(16)27/h1-2,4-5,7-8,10-11H,3,6,9,12H2. The molecular formula is C22H16ClN3O3. The van der Waals surface area contributed by atoms with Gasteiger partial charge >= 0.3 is 5.97 Å². The Balaban J connectivity index is 1.41. The van der Waals surface area contributed by atoms with Crippen LogP contribution in [0.5, 0.6) is 0 Å². The number of esters is 1. The molecule has 4 aromatic rings. The second kappa shape index (κ2) is 6.97. The van der Waals surface area contributed by atoms with E-state index in [9.17, 15) is 9.59 Å². The monoisotopic (exact) mass is 405 g/mol. The van der Waals surface area contributed by atoms with Crippen LogP contribution in [0.25, 0.3) is 21.8 Å². The van der Waals surface area contributed by atoms with Crippen LogP contribution in [0.3, 0.4) is 0 Å². The number of para-hydroxylation sites is 1. The molecule has 0 spiro atoms. The Kier molecular flexibility index (Phi) is 4.28. The summed E-state index contributed by atoms with van der Waals surface area (Å²) in [6, 6.07) is 14.3. The summed E-state index contributed by atoms with van der Waals surface area (Å²) >= 11 is 6.23. The van der Waals surface area contributed by atoms with E-state index in [0.717, 1.165) is 29.6 Å². The summed E-state index contributed by atoms with van der Waals surface area (Å²) in [6.45, 7) is 0.704. The average Bonchev–Trinajstić information content (AvgIpc) is 3.20. The zero-order valence-electron chi connectivity index (χ0n) is 15.4. The molecule has 2 aromatic heterocycles. The number of rotatable bonds is 3. The van der Waals surface area contributed by atoms with Crippen LogP contribution < -0.4 is 5.56 Å². The molecule has 0 fully saturated rings. The van der Waals surface area contributed by atoms with Crippen molar-refractivity contribution in [3.05, 3.63) is 81.0 Å². The predicted molar refractivity (Wildman–Crippen MR) is 110 cm³/mol. The number of aryl methyl sites for hydroxylation is 1. The summed E-state index contributed by atoms with van der Waals surface area (Å²) in [5.41, 5.74) is 2.22. The van der Waals surface area contributed by atoms with Crippen molar-refractivity contribution in [3.8, 4) is 0 Å². The third kappa shape index (κ3) is 3.15. The highest BCUT2D eigenvalue weighted by Gasteiger charge is 2.18. The molecule has 0 unspecified atom stereocenters. The van der Waals surface area contributed by atoms with Crippen molar-refractivity contribution in [1.82, 2.24) is 14.5 Å². The molecule has 1 aliphatic rings. The molecule has 0 atom stereocenters. The second-order valence-corrected chi connectivity index (χ2v) is 7.39. The van der Waals surface area contributed by atoms with Gasteiger partial charge in [-0.3, -0.25) is 9.36 Å². The lowest BCUT2D eigenvalue weighted by Gasteiger charge is -2.09. The van der Waals surface area contributed by atoms with Crippen LogP contribution in [0.4, 0.5) is 0 Å². The van der Waals surface area contributed by atoms with Crippen molar-refractivity contribution < 1.29 is 9.53 Å². The first-order valence-electron chi connectivity index (χ1n) is 9.35. The van der Waals surface area contributed by atoms with Gasteiger partial charge in [0, 0.05) is 23.9 Å². The third-order valence-electron chi connectivity index (χ3n) is 5.16. The van der Waals surface area contributed by atoms with E-state index >= 15 is 0 Å². The van der Waals surface area contributed by atoms with Gasteiger partial charge in [0.15, 0.2) is 0 Å². The highest BCUT2D eigenvalue weighted by Crippen LogP contribution is 2.22. The van der Waals surface area contributed by atoms with Crippen LogP contribution in [-0.4, -0.2) is 20.5 Å². The maximum Gasteiger partial charge on any atom is 0.338 e. The minimum atomic E-state index is -0.501. The quantitative estimate of drug-likeness (QED) is 0.381. The smallest absolute Gasteiger partial charge is 0.338 e. The normalized spacial score (nSPS) is 13.0. The summed E-state index contributed by atoms with van der Waals surface area (Å²) in [5, 5.41) is 1.74. The molecule has 0 bridgehead atoms. The van der Waals surface area contributed by atoms with Gasteiger partial charge in [0.25, 0.3) is 5.56 Å². The zero-order chi connectivity index (χ0) is 20.0. The lowest BCUT2D eigenvalue weighted by molar-refractivity contribution is 0.0473. The van der Waals surface area contributed by atoms with Crippen molar-refractivity contribution >= 4 is 39.4 Å². The first-order valence-corrected chi connectivity index (χ1v) is 9.73. The summed E-state index contributed by atoms with van der Waals surface area (Å²) < 4.78 is 7.14. The van der Waals surface area contributed by atoms with Gasteiger partial charge in [-0.2, -0.15) is 0 Å². The summed E-state index contributed by atoms with van der Waals surface area (Å²) in [7, 11) is 0. The molecule has 0 saturated heterocycles. The maximum absolute atomic E-state index is 12.6. The van der Waals surface area contributed by atoms with Crippen molar-refractivity contribution in [2.75, 3.05) is 0 Å². The van der Waals surface area contributed by atoms with Crippen LogP contribution in [0.1, 0.15) is 28.2 Å². The Bertz CT molecular complexity index is 1350. The molecule has 6 nitrogen and oxygen atoms in total. The SMILES string of the molecule is O=C(OCc1cc2ccccc2nc1Cl)c1ccc2c(=O)n3c(nc2c1)CCC3. The lowest BCUT2D eigenvalue weighted by Crippen LogP contribution is -2.21. The molecular weight excluding hydrogens is 390 g/mol. The van der Waals surface area contributed by atoms with E-state index in [1.165, 1.54) is 0 Å². The first-order chi connectivity index (χ1) is 14.1. The fraction of sp³-hybridized carbons (Fsp3) is 0.182. The van der Waals surface area contributed by atoms with E-state index < -0.39 is 5.97 Å². The molecule has 1 aliphatic heterocycles. The fourth-order valence-electron chi connectivity index (χ4n) is 3.67. The van der Waals surface area contributed by atoms with E-state index in [4.69, 9.17) is 16.3 Å². The first kappa shape index (κ1) is 17.8. The van der Waals surface area contributed by atoms with E-state index in [1.54, 1.807) is 22.8 Å². The number of fused-ring (bicyclic) bond motifs is 3. The molecule has 0 aliphatic carbocycles.